The number of ether oxygens (including phenoxy) is 2. The Morgan fingerprint density at radius 2 is 1.87 bits per heavy atom. The van der Waals surface area contributed by atoms with Crippen LogP contribution in [-0.2, 0) is 16.0 Å². The Morgan fingerprint density at radius 1 is 1.17 bits per heavy atom. The summed E-state index contributed by atoms with van der Waals surface area (Å²) in [7, 11) is 0. The number of carboxylic acid groups (broad SMARTS) is 1. The highest BCUT2D eigenvalue weighted by Crippen LogP contribution is 2.31. The number of aliphatic hydroxyl groups excluding tert-OH is 4. The van der Waals surface area contributed by atoms with Crippen molar-refractivity contribution >= 4 is 5.97 Å². The summed E-state index contributed by atoms with van der Waals surface area (Å²) in [5.41, 5.74) is 0.626. The van der Waals surface area contributed by atoms with Gasteiger partial charge in [-0.2, -0.15) is 0 Å². The summed E-state index contributed by atoms with van der Waals surface area (Å²) in [5, 5.41) is 56.8. The number of aliphatic hydroxyl groups is 4. The first-order chi connectivity index (χ1) is 10.8. The third kappa shape index (κ3) is 3.71. The molecule has 9 heteroatoms. The predicted molar refractivity (Wildman–Crippen MR) is 73.8 cm³/mol. The molecular formula is C14H18O9. The quantitative estimate of drug-likeness (QED) is 0.366. The Balaban J connectivity index is 2.21. The van der Waals surface area contributed by atoms with Crippen LogP contribution in [0.2, 0.25) is 0 Å². The fourth-order valence-electron chi connectivity index (χ4n) is 2.21. The molecule has 1 heterocycles. The van der Waals surface area contributed by atoms with Crippen LogP contribution in [0.3, 0.4) is 0 Å². The van der Waals surface area contributed by atoms with Crippen molar-refractivity contribution in [2.24, 2.45) is 0 Å². The van der Waals surface area contributed by atoms with Crippen LogP contribution in [0.4, 0.5) is 0 Å². The van der Waals surface area contributed by atoms with Gasteiger partial charge in [0.2, 0.25) is 6.29 Å². The smallest absolute Gasteiger partial charge is 0.335 e. The molecule has 1 saturated heterocycles. The first kappa shape index (κ1) is 17.4. The predicted octanol–water partition coefficient (Wildman–Crippen LogP) is -1.80. The van der Waals surface area contributed by atoms with Crippen molar-refractivity contribution in [3.05, 3.63) is 23.8 Å². The van der Waals surface area contributed by atoms with E-state index in [1.165, 1.54) is 12.1 Å². The van der Waals surface area contributed by atoms with Gasteiger partial charge in [-0.3, -0.25) is 0 Å². The number of aromatic hydroxyl groups is 1. The van der Waals surface area contributed by atoms with E-state index in [1.807, 2.05) is 0 Å². The van der Waals surface area contributed by atoms with Gasteiger partial charge < -0.3 is 40.1 Å². The summed E-state index contributed by atoms with van der Waals surface area (Å²) < 4.78 is 10.2. The van der Waals surface area contributed by atoms with Crippen LogP contribution in [0.25, 0.3) is 0 Å². The number of phenols is 1. The van der Waals surface area contributed by atoms with Crippen LogP contribution in [0.15, 0.2) is 18.2 Å². The van der Waals surface area contributed by atoms with Gasteiger partial charge in [0.1, 0.15) is 18.3 Å². The highest BCUT2D eigenvalue weighted by atomic mass is 16.7. The Labute approximate surface area is 130 Å². The first-order valence-electron chi connectivity index (χ1n) is 6.87. The molecular weight excluding hydrogens is 312 g/mol. The van der Waals surface area contributed by atoms with E-state index < -0.39 is 36.7 Å². The number of hydrogen-bond donors (Lipinski definition) is 6. The van der Waals surface area contributed by atoms with Gasteiger partial charge in [-0.1, -0.05) is 6.07 Å². The van der Waals surface area contributed by atoms with Crippen LogP contribution < -0.4 is 4.74 Å². The van der Waals surface area contributed by atoms with Crippen LogP contribution in [0.1, 0.15) is 5.56 Å². The van der Waals surface area contributed by atoms with E-state index in [-0.39, 0.29) is 18.1 Å². The van der Waals surface area contributed by atoms with Crippen molar-refractivity contribution in [1.82, 2.24) is 0 Å². The molecule has 0 saturated carbocycles. The van der Waals surface area contributed by atoms with Crippen molar-refractivity contribution in [3.8, 4) is 11.5 Å². The molecule has 1 aromatic carbocycles. The summed E-state index contributed by atoms with van der Waals surface area (Å²) >= 11 is 0. The molecule has 5 unspecified atom stereocenters. The summed E-state index contributed by atoms with van der Waals surface area (Å²) in [5.74, 6) is -1.95. The second-order valence-corrected chi connectivity index (χ2v) is 5.13. The lowest BCUT2D eigenvalue weighted by Gasteiger charge is -2.38. The van der Waals surface area contributed by atoms with Gasteiger partial charge in [-0.05, 0) is 24.1 Å². The Kier molecular flexibility index (Phi) is 5.39. The standard InChI is InChI=1S/C14H18O9/c15-4-3-6-1-2-7(16)8(5-6)22-14-11(19)9(17)10(18)12(23-14)13(20)21/h1-2,5,9-12,14-19H,3-4H2,(H,20,21). The summed E-state index contributed by atoms with van der Waals surface area (Å²) in [6.07, 6.45) is -8.44. The van der Waals surface area contributed by atoms with Gasteiger partial charge in [-0.15, -0.1) is 0 Å². The van der Waals surface area contributed by atoms with E-state index in [0.29, 0.717) is 12.0 Å². The molecule has 0 aliphatic carbocycles. The number of phenolic OH excluding ortho intramolecular Hbond substituents is 1. The van der Waals surface area contributed by atoms with E-state index in [2.05, 4.69) is 0 Å². The van der Waals surface area contributed by atoms with Gasteiger partial charge in [0.15, 0.2) is 17.6 Å². The SMILES string of the molecule is O=C(O)C1OC(Oc2cc(CCO)ccc2O)C(O)C(O)C1O. The van der Waals surface area contributed by atoms with Gasteiger partial charge in [0.05, 0.1) is 0 Å². The molecule has 1 aromatic rings. The fraction of sp³-hybridized carbons (Fsp3) is 0.500. The zero-order chi connectivity index (χ0) is 17.1. The van der Waals surface area contributed by atoms with E-state index in [0.717, 1.165) is 0 Å². The monoisotopic (exact) mass is 330 g/mol. The van der Waals surface area contributed by atoms with Crippen molar-refractivity contribution in [3.63, 3.8) is 0 Å². The molecule has 23 heavy (non-hydrogen) atoms. The minimum absolute atomic E-state index is 0.118. The maximum absolute atomic E-state index is 11.0. The van der Waals surface area contributed by atoms with Gasteiger partial charge in [0, 0.05) is 6.61 Å². The Hall–Kier alpha value is -1.91. The summed E-state index contributed by atoms with van der Waals surface area (Å²) in [6.45, 7) is -0.126. The molecule has 0 bridgehead atoms. The minimum Gasteiger partial charge on any atom is -0.504 e. The second kappa shape index (κ2) is 7.11. The van der Waals surface area contributed by atoms with Crippen LogP contribution in [0.5, 0.6) is 11.5 Å². The highest BCUT2D eigenvalue weighted by molar-refractivity contribution is 5.73. The number of aliphatic carboxylic acids is 1. The molecule has 0 aromatic heterocycles. The summed E-state index contributed by atoms with van der Waals surface area (Å²) in [4.78, 5) is 11.0. The maximum atomic E-state index is 11.0. The molecule has 0 radical (unpaired) electrons. The van der Waals surface area contributed by atoms with Gasteiger partial charge >= 0.3 is 5.97 Å². The number of carboxylic acids is 1. The molecule has 1 fully saturated rings. The van der Waals surface area contributed by atoms with Crippen molar-refractivity contribution in [2.45, 2.75) is 37.1 Å². The molecule has 0 spiro atoms. The lowest BCUT2D eigenvalue weighted by Crippen LogP contribution is -2.61. The van der Waals surface area contributed by atoms with Crippen LogP contribution in [0, 0.1) is 0 Å². The van der Waals surface area contributed by atoms with Gasteiger partial charge in [-0.25, -0.2) is 4.79 Å². The average molecular weight is 330 g/mol. The third-order valence-electron chi connectivity index (χ3n) is 3.48. The molecule has 1 aliphatic heterocycles. The third-order valence-corrected chi connectivity index (χ3v) is 3.48. The van der Waals surface area contributed by atoms with Crippen molar-refractivity contribution < 1.29 is 44.9 Å². The molecule has 1 aliphatic rings. The molecule has 5 atom stereocenters. The number of hydrogen-bond acceptors (Lipinski definition) is 8. The van der Waals surface area contributed by atoms with Crippen molar-refractivity contribution in [1.29, 1.82) is 0 Å². The van der Waals surface area contributed by atoms with Crippen LogP contribution in [-0.4, -0.2) is 73.9 Å². The Bertz CT molecular complexity index is 561. The maximum Gasteiger partial charge on any atom is 0.335 e. The molecule has 2 rings (SSSR count). The van der Waals surface area contributed by atoms with E-state index in [1.54, 1.807) is 6.07 Å². The summed E-state index contributed by atoms with van der Waals surface area (Å²) in [6, 6.07) is 4.24. The zero-order valence-corrected chi connectivity index (χ0v) is 11.9. The van der Waals surface area contributed by atoms with E-state index in [4.69, 9.17) is 19.7 Å². The minimum atomic E-state index is -1.82. The average Bonchev–Trinajstić information content (AvgIpc) is 2.50. The normalized spacial score (nSPS) is 30.9. The van der Waals surface area contributed by atoms with Crippen molar-refractivity contribution in [2.75, 3.05) is 6.61 Å². The largest absolute Gasteiger partial charge is 0.504 e. The number of benzene rings is 1. The lowest BCUT2D eigenvalue weighted by molar-refractivity contribution is -0.271. The molecule has 128 valence electrons. The van der Waals surface area contributed by atoms with E-state index in [9.17, 15) is 25.2 Å². The fourth-order valence-corrected chi connectivity index (χ4v) is 2.21. The lowest BCUT2D eigenvalue weighted by atomic mass is 9.99. The second-order valence-electron chi connectivity index (χ2n) is 5.13. The van der Waals surface area contributed by atoms with Gasteiger partial charge in [0.25, 0.3) is 0 Å². The zero-order valence-electron chi connectivity index (χ0n) is 11.9. The first-order valence-corrected chi connectivity index (χ1v) is 6.87. The highest BCUT2D eigenvalue weighted by Gasteiger charge is 2.48. The molecule has 6 N–H and O–H groups in total. The molecule has 9 nitrogen and oxygen atoms in total. The topological polar surface area (TPSA) is 157 Å². The van der Waals surface area contributed by atoms with Crippen LogP contribution >= 0.6 is 0 Å². The van der Waals surface area contributed by atoms with E-state index >= 15 is 0 Å². The molecule has 0 amide bonds. The number of carbonyl (C=O) groups is 1. The Morgan fingerprint density at radius 3 is 2.48 bits per heavy atom. The number of rotatable bonds is 5.